The summed E-state index contributed by atoms with van der Waals surface area (Å²) in [5.74, 6) is 0.963. The Balaban J connectivity index is 1.99. The van der Waals surface area contributed by atoms with Crippen LogP contribution in [0.4, 0.5) is 0 Å². The number of rotatable bonds is 4. The molecule has 1 aromatic carbocycles. The van der Waals surface area contributed by atoms with Gasteiger partial charge < -0.3 is 9.47 Å². The molecule has 1 atom stereocenters. The predicted octanol–water partition coefficient (Wildman–Crippen LogP) is 2.19. The summed E-state index contributed by atoms with van der Waals surface area (Å²) in [6, 6.07) is 8.07. The number of thioether (sulfide) groups is 1. The molecule has 3 heteroatoms. The molecule has 1 aliphatic rings. The zero-order chi connectivity index (χ0) is 9.10. The fourth-order valence-electron chi connectivity index (χ4n) is 1.09. The van der Waals surface area contributed by atoms with Gasteiger partial charge in [-0.25, -0.2) is 0 Å². The lowest BCUT2D eigenvalue weighted by Gasteiger charge is -2.07. The van der Waals surface area contributed by atoms with Crippen LogP contribution in [0, 0.1) is 0 Å². The lowest BCUT2D eigenvalue weighted by Crippen LogP contribution is -2.04. The third-order valence-corrected chi connectivity index (χ3v) is 2.67. The van der Waals surface area contributed by atoms with E-state index in [-0.39, 0.29) is 0 Å². The molecule has 0 aromatic heterocycles. The largest absolute Gasteiger partial charge is 0.490 e. The smallest absolute Gasteiger partial charge is 0.132 e. The average Bonchev–Trinajstić information content (AvgIpc) is 2.99. The van der Waals surface area contributed by atoms with Crippen molar-refractivity contribution in [3.63, 3.8) is 0 Å². The first-order valence-electron chi connectivity index (χ1n) is 4.27. The zero-order valence-corrected chi connectivity index (χ0v) is 8.34. The van der Waals surface area contributed by atoms with E-state index in [1.165, 1.54) is 4.90 Å². The summed E-state index contributed by atoms with van der Waals surface area (Å²) in [6.07, 6.45) is 2.38. The van der Waals surface area contributed by atoms with Crippen LogP contribution in [-0.2, 0) is 4.74 Å². The van der Waals surface area contributed by atoms with Crippen LogP contribution in [0.15, 0.2) is 29.2 Å². The Bertz CT molecular complexity index is 284. The van der Waals surface area contributed by atoms with Crippen molar-refractivity contribution in [2.75, 3.05) is 19.5 Å². The van der Waals surface area contributed by atoms with Gasteiger partial charge in [-0.1, -0.05) is 12.1 Å². The first-order valence-corrected chi connectivity index (χ1v) is 5.50. The van der Waals surface area contributed by atoms with Crippen molar-refractivity contribution in [2.24, 2.45) is 0 Å². The number of para-hydroxylation sites is 1. The molecule has 2 rings (SSSR count). The topological polar surface area (TPSA) is 21.8 Å². The quantitative estimate of drug-likeness (QED) is 0.544. The Morgan fingerprint density at radius 1 is 1.54 bits per heavy atom. The van der Waals surface area contributed by atoms with Crippen molar-refractivity contribution in [2.45, 2.75) is 11.0 Å². The molecule has 2 nitrogen and oxygen atoms in total. The van der Waals surface area contributed by atoms with E-state index < -0.39 is 0 Å². The van der Waals surface area contributed by atoms with E-state index in [1.54, 1.807) is 11.8 Å². The second kappa shape index (κ2) is 4.03. The van der Waals surface area contributed by atoms with E-state index in [1.807, 2.05) is 18.2 Å². The van der Waals surface area contributed by atoms with Gasteiger partial charge in [0.15, 0.2) is 0 Å². The van der Waals surface area contributed by atoms with E-state index in [0.29, 0.717) is 12.7 Å². The summed E-state index contributed by atoms with van der Waals surface area (Å²) < 4.78 is 10.7. The minimum Gasteiger partial charge on any atom is -0.490 e. The fraction of sp³-hybridized carbons (Fsp3) is 0.400. The maximum absolute atomic E-state index is 5.61. The van der Waals surface area contributed by atoms with Crippen molar-refractivity contribution < 1.29 is 9.47 Å². The molecule has 0 spiro atoms. The highest BCUT2D eigenvalue weighted by Crippen LogP contribution is 2.27. The van der Waals surface area contributed by atoms with Gasteiger partial charge in [-0.15, -0.1) is 11.8 Å². The van der Waals surface area contributed by atoms with E-state index in [0.717, 1.165) is 12.4 Å². The monoisotopic (exact) mass is 196 g/mol. The van der Waals surface area contributed by atoms with Crippen molar-refractivity contribution in [3.05, 3.63) is 24.3 Å². The molecule has 0 amide bonds. The van der Waals surface area contributed by atoms with E-state index in [2.05, 4.69) is 12.3 Å². The lowest BCUT2D eigenvalue weighted by molar-refractivity contribution is 0.258. The maximum atomic E-state index is 5.61. The minimum absolute atomic E-state index is 0.329. The second-order valence-electron chi connectivity index (χ2n) is 2.92. The Morgan fingerprint density at radius 2 is 2.31 bits per heavy atom. The molecule has 0 radical (unpaired) electrons. The summed E-state index contributed by atoms with van der Waals surface area (Å²) in [6.45, 7) is 1.53. The Morgan fingerprint density at radius 3 is 3.00 bits per heavy atom. The van der Waals surface area contributed by atoms with Crippen LogP contribution in [0.5, 0.6) is 5.75 Å². The highest BCUT2D eigenvalue weighted by Gasteiger charge is 2.23. The third-order valence-electron chi connectivity index (χ3n) is 1.90. The SMILES string of the molecule is CSc1ccccc1OC[C@@H]1CO1. The van der Waals surface area contributed by atoms with Gasteiger partial charge in [0.25, 0.3) is 0 Å². The van der Waals surface area contributed by atoms with Crippen molar-refractivity contribution in [1.82, 2.24) is 0 Å². The molecule has 1 aliphatic heterocycles. The molecule has 0 bridgehead atoms. The summed E-state index contributed by atoms with van der Waals surface area (Å²) in [5, 5.41) is 0. The highest BCUT2D eigenvalue weighted by molar-refractivity contribution is 7.98. The molecule has 13 heavy (non-hydrogen) atoms. The standard InChI is InChI=1S/C10H12O2S/c1-13-10-5-3-2-4-9(10)12-7-8-6-11-8/h2-5,8H,6-7H2,1H3/t8-/m0/s1. The molecular formula is C10H12O2S. The summed E-state index contributed by atoms with van der Waals surface area (Å²) in [5.41, 5.74) is 0. The number of hydrogen-bond acceptors (Lipinski definition) is 3. The van der Waals surface area contributed by atoms with Crippen molar-refractivity contribution in [1.29, 1.82) is 0 Å². The summed E-state index contributed by atoms with van der Waals surface area (Å²) in [4.78, 5) is 1.18. The minimum atomic E-state index is 0.329. The summed E-state index contributed by atoms with van der Waals surface area (Å²) in [7, 11) is 0. The number of benzene rings is 1. The van der Waals surface area contributed by atoms with Crippen LogP contribution in [0.3, 0.4) is 0 Å². The van der Waals surface area contributed by atoms with Crippen LogP contribution in [-0.4, -0.2) is 25.6 Å². The molecule has 0 aliphatic carbocycles. The van der Waals surface area contributed by atoms with Crippen LogP contribution in [0.25, 0.3) is 0 Å². The van der Waals surface area contributed by atoms with E-state index >= 15 is 0 Å². The maximum Gasteiger partial charge on any atom is 0.132 e. The van der Waals surface area contributed by atoms with E-state index in [9.17, 15) is 0 Å². The first kappa shape index (κ1) is 8.91. The van der Waals surface area contributed by atoms with Gasteiger partial charge >= 0.3 is 0 Å². The van der Waals surface area contributed by atoms with Gasteiger partial charge in [-0.3, -0.25) is 0 Å². The molecule has 0 unspecified atom stereocenters. The van der Waals surface area contributed by atoms with Crippen LogP contribution in [0.2, 0.25) is 0 Å². The van der Waals surface area contributed by atoms with Crippen LogP contribution in [0.1, 0.15) is 0 Å². The van der Waals surface area contributed by atoms with Crippen molar-refractivity contribution >= 4 is 11.8 Å². The Kier molecular flexibility index (Phi) is 2.76. The molecule has 1 heterocycles. The van der Waals surface area contributed by atoms with Gasteiger partial charge in [-0.2, -0.15) is 0 Å². The molecule has 0 saturated carbocycles. The number of epoxide rings is 1. The van der Waals surface area contributed by atoms with Gasteiger partial charge in [0, 0.05) is 4.90 Å². The molecule has 70 valence electrons. The Labute approximate surface area is 82.2 Å². The lowest BCUT2D eigenvalue weighted by atomic mass is 10.3. The fourth-order valence-corrected chi connectivity index (χ4v) is 1.63. The molecule has 1 aromatic rings. The molecule has 0 N–H and O–H groups in total. The normalized spacial score (nSPS) is 19.9. The molecule has 1 fully saturated rings. The summed E-state index contributed by atoms with van der Waals surface area (Å²) >= 11 is 1.70. The van der Waals surface area contributed by atoms with Gasteiger partial charge in [0.05, 0.1) is 6.61 Å². The van der Waals surface area contributed by atoms with Crippen LogP contribution < -0.4 is 4.74 Å². The molecular weight excluding hydrogens is 184 g/mol. The third kappa shape index (κ3) is 2.39. The van der Waals surface area contributed by atoms with Gasteiger partial charge in [0.1, 0.15) is 18.5 Å². The Hall–Kier alpha value is -0.670. The first-order chi connectivity index (χ1) is 6.40. The van der Waals surface area contributed by atoms with E-state index in [4.69, 9.17) is 9.47 Å². The number of hydrogen-bond donors (Lipinski definition) is 0. The van der Waals surface area contributed by atoms with Crippen molar-refractivity contribution in [3.8, 4) is 5.75 Å². The zero-order valence-electron chi connectivity index (χ0n) is 7.53. The van der Waals surface area contributed by atoms with Gasteiger partial charge in [-0.05, 0) is 18.4 Å². The van der Waals surface area contributed by atoms with Gasteiger partial charge in [0.2, 0.25) is 0 Å². The number of ether oxygens (including phenoxy) is 2. The predicted molar refractivity (Wildman–Crippen MR) is 53.5 cm³/mol. The molecule has 1 saturated heterocycles. The average molecular weight is 196 g/mol. The second-order valence-corrected chi connectivity index (χ2v) is 3.77. The van der Waals surface area contributed by atoms with Crippen LogP contribution >= 0.6 is 11.8 Å². The highest BCUT2D eigenvalue weighted by atomic mass is 32.2.